The average molecular weight is 439 g/mol. The fourth-order valence-corrected chi connectivity index (χ4v) is 3.49. The Morgan fingerprint density at radius 2 is 1.69 bits per heavy atom. The van der Waals surface area contributed by atoms with Crippen LogP contribution in [0.2, 0.25) is 0 Å². The third kappa shape index (κ3) is 4.78. The number of nitrogens with zero attached hydrogens (tertiary/aromatic N) is 1. The lowest BCUT2D eigenvalue weighted by Crippen LogP contribution is -2.35. The highest BCUT2D eigenvalue weighted by molar-refractivity contribution is 6.36. The third-order valence-corrected chi connectivity index (χ3v) is 5.40. The van der Waals surface area contributed by atoms with Crippen LogP contribution in [0.3, 0.4) is 0 Å². The second kappa shape index (κ2) is 9.87. The summed E-state index contributed by atoms with van der Waals surface area (Å²) in [6.07, 6.45) is 0.00799. The monoisotopic (exact) mass is 438 g/mol. The highest BCUT2D eigenvalue weighted by atomic mass is 16.5. The Morgan fingerprint density at radius 1 is 0.938 bits per heavy atom. The maximum atomic E-state index is 13.4. The molecular formula is C25H30N2O5. The van der Waals surface area contributed by atoms with Gasteiger partial charge < -0.3 is 19.5 Å². The van der Waals surface area contributed by atoms with Crippen LogP contribution in [-0.2, 0) is 14.3 Å². The van der Waals surface area contributed by atoms with Gasteiger partial charge in [0.25, 0.3) is 11.8 Å². The number of benzene rings is 2. The minimum Gasteiger partial charge on any atom is -0.497 e. The molecule has 170 valence electrons. The van der Waals surface area contributed by atoms with E-state index in [9.17, 15) is 9.59 Å². The summed E-state index contributed by atoms with van der Waals surface area (Å²) < 4.78 is 16.3. The van der Waals surface area contributed by atoms with Gasteiger partial charge >= 0.3 is 0 Å². The fraction of sp³-hybridized carbons (Fsp3) is 0.360. The van der Waals surface area contributed by atoms with Gasteiger partial charge in [-0.3, -0.25) is 14.5 Å². The van der Waals surface area contributed by atoms with E-state index in [1.54, 1.807) is 32.4 Å². The van der Waals surface area contributed by atoms with Gasteiger partial charge in [0, 0.05) is 6.07 Å². The van der Waals surface area contributed by atoms with Gasteiger partial charge in [-0.05, 0) is 56.5 Å². The highest BCUT2D eigenvalue weighted by Gasteiger charge is 2.39. The molecule has 0 radical (unpaired) electrons. The van der Waals surface area contributed by atoms with Gasteiger partial charge in [-0.15, -0.1) is 0 Å². The number of amides is 2. The van der Waals surface area contributed by atoms with Crippen molar-refractivity contribution in [2.75, 3.05) is 32.7 Å². The van der Waals surface area contributed by atoms with Crippen molar-refractivity contribution in [3.8, 4) is 11.5 Å². The van der Waals surface area contributed by atoms with Crippen LogP contribution in [0.5, 0.6) is 11.5 Å². The summed E-state index contributed by atoms with van der Waals surface area (Å²) >= 11 is 0. The Hall–Kier alpha value is -3.32. The molecule has 0 aromatic heterocycles. The van der Waals surface area contributed by atoms with Crippen LogP contribution >= 0.6 is 0 Å². The van der Waals surface area contributed by atoms with Crippen LogP contribution in [0.4, 0.5) is 5.69 Å². The number of carbonyl (C=O) groups excluding carboxylic acids is 2. The lowest BCUT2D eigenvalue weighted by molar-refractivity contribution is -0.137. The molecule has 7 heteroatoms. The number of imide groups is 1. The molecule has 0 bridgehead atoms. The number of carbonyl (C=O) groups is 2. The number of anilines is 1. The van der Waals surface area contributed by atoms with Crippen LogP contribution in [0.15, 0.2) is 42.1 Å². The number of ether oxygens (including phenoxy) is 3. The number of hydrogen-bond donors (Lipinski definition) is 1. The maximum absolute atomic E-state index is 13.4. The summed E-state index contributed by atoms with van der Waals surface area (Å²) in [5.41, 5.74) is 3.89. The SMILES string of the molecule is COc1ccc(OC)c(NC2=C(c3ccc(C)c(C)c3)C(=O)N(CCOC(C)C)C2=O)c1. The summed E-state index contributed by atoms with van der Waals surface area (Å²) in [7, 11) is 3.11. The molecule has 1 aliphatic heterocycles. The van der Waals surface area contributed by atoms with E-state index in [0.29, 0.717) is 28.3 Å². The summed E-state index contributed by atoms with van der Waals surface area (Å²) in [4.78, 5) is 27.9. The van der Waals surface area contributed by atoms with E-state index < -0.39 is 5.91 Å². The number of methoxy groups -OCH3 is 2. The molecule has 1 heterocycles. The van der Waals surface area contributed by atoms with Crippen molar-refractivity contribution in [3.63, 3.8) is 0 Å². The van der Waals surface area contributed by atoms with Crippen LogP contribution in [0.1, 0.15) is 30.5 Å². The predicted octanol–water partition coefficient (Wildman–Crippen LogP) is 3.94. The molecule has 7 nitrogen and oxygen atoms in total. The lowest BCUT2D eigenvalue weighted by atomic mass is 9.99. The van der Waals surface area contributed by atoms with E-state index in [-0.39, 0.29) is 30.9 Å². The molecule has 0 saturated heterocycles. The van der Waals surface area contributed by atoms with Crippen LogP contribution < -0.4 is 14.8 Å². The van der Waals surface area contributed by atoms with Crippen LogP contribution in [-0.4, -0.2) is 50.2 Å². The normalized spacial score (nSPS) is 13.9. The number of rotatable bonds is 9. The minimum atomic E-state index is -0.402. The molecule has 0 spiro atoms. The van der Waals surface area contributed by atoms with Gasteiger partial charge in [0.05, 0.1) is 44.7 Å². The first-order valence-corrected chi connectivity index (χ1v) is 10.6. The first-order valence-electron chi connectivity index (χ1n) is 10.6. The molecule has 2 amide bonds. The zero-order chi connectivity index (χ0) is 23.4. The molecule has 0 aliphatic carbocycles. The molecule has 1 N–H and O–H groups in total. The van der Waals surface area contributed by atoms with E-state index in [2.05, 4.69) is 5.32 Å². The molecule has 32 heavy (non-hydrogen) atoms. The van der Waals surface area contributed by atoms with Gasteiger partial charge in [-0.2, -0.15) is 0 Å². The van der Waals surface area contributed by atoms with Gasteiger partial charge in [0.1, 0.15) is 17.2 Å². The molecule has 3 rings (SSSR count). The highest BCUT2D eigenvalue weighted by Crippen LogP contribution is 2.35. The van der Waals surface area contributed by atoms with Crippen molar-refractivity contribution in [1.82, 2.24) is 4.90 Å². The summed E-state index contributed by atoms with van der Waals surface area (Å²) in [6.45, 7) is 8.25. The van der Waals surface area contributed by atoms with Gasteiger partial charge in [-0.1, -0.05) is 18.2 Å². The summed E-state index contributed by atoms with van der Waals surface area (Å²) in [6, 6.07) is 11.0. The number of aryl methyl sites for hydroxylation is 2. The zero-order valence-electron chi connectivity index (χ0n) is 19.4. The first kappa shape index (κ1) is 23.3. The molecule has 2 aromatic carbocycles. The van der Waals surface area contributed by atoms with Crippen molar-refractivity contribution < 1.29 is 23.8 Å². The van der Waals surface area contributed by atoms with E-state index >= 15 is 0 Å². The van der Waals surface area contributed by atoms with Crippen LogP contribution in [0.25, 0.3) is 5.57 Å². The van der Waals surface area contributed by atoms with Crippen LogP contribution in [0, 0.1) is 13.8 Å². The van der Waals surface area contributed by atoms with Crippen molar-refractivity contribution >= 4 is 23.1 Å². The van der Waals surface area contributed by atoms with Crippen molar-refractivity contribution in [2.45, 2.75) is 33.8 Å². The predicted molar refractivity (Wildman–Crippen MR) is 124 cm³/mol. The van der Waals surface area contributed by atoms with Gasteiger partial charge in [-0.25, -0.2) is 0 Å². The maximum Gasteiger partial charge on any atom is 0.278 e. The summed E-state index contributed by atoms with van der Waals surface area (Å²) in [5, 5.41) is 3.15. The molecule has 0 unspecified atom stereocenters. The Labute approximate surface area is 189 Å². The van der Waals surface area contributed by atoms with E-state index in [0.717, 1.165) is 11.1 Å². The third-order valence-electron chi connectivity index (χ3n) is 5.40. The quantitative estimate of drug-likeness (QED) is 0.598. The Kier molecular flexibility index (Phi) is 7.20. The molecular weight excluding hydrogens is 408 g/mol. The van der Waals surface area contributed by atoms with E-state index in [1.807, 2.05) is 45.9 Å². The fourth-order valence-electron chi connectivity index (χ4n) is 3.49. The Balaban J connectivity index is 2.06. The first-order chi connectivity index (χ1) is 15.3. The van der Waals surface area contributed by atoms with Crippen molar-refractivity contribution in [2.24, 2.45) is 0 Å². The average Bonchev–Trinajstić information content (AvgIpc) is 2.99. The van der Waals surface area contributed by atoms with E-state index in [1.165, 1.54) is 4.90 Å². The van der Waals surface area contributed by atoms with Crippen molar-refractivity contribution in [3.05, 3.63) is 58.8 Å². The zero-order valence-corrected chi connectivity index (χ0v) is 19.4. The molecule has 2 aromatic rings. The second-order valence-electron chi connectivity index (χ2n) is 7.92. The van der Waals surface area contributed by atoms with Crippen molar-refractivity contribution in [1.29, 1.82) is 0 Å². The van der Waals surface area contributed by atoms with Gasteiger partial charge in [0.15, 0.2) is 0 Å². The largest absolute Gasteiger partial charge is 0.497 e. The minimum absolute atomic E-state index is 0.00799. The standard InChI is InChI=1S/C25H30N2O5/c1-15(2)32-12-11-27-24(28)22(18-8-7-16(3)17(4)13-18)23(25(27)29)26-20-14-19(30-5)9-10-21(20)31-6/h7-10,13-15,26H,11-12H2,1-6H3. The van der Waals surface area contributed by atoms with Gasteiger partial charge in [0.2, 0.25) is 0 Å². The lowest BCUT2D eigenvalue weighted by Gasteiger charge is -2.17. The number of hydrogen-bond acceptors (Lipinski definition) is 6. The number of nitrogens with one attached hydrogen (secondary N) is 1. The summed E-state index contributed by atoms with van der Waals surface area (Å²) in [5.74, 6) is 0.371. The molecule has 0 saturated carbocycles. The molecule has 0 fully saturated rings. The Bertz CT molecular complexity index is 1060. The molecule has 0 atom stereocenters. The Morgan fingerprint density at radius 3 is 2.31 bits per heavy atom. The second-order valence-corrected chi connectivity index (χ2v) is 7.92. The van der Waals surface area contributed by atoms with E-state index in [4.69, 9.17) is 14.2 Å². The smallest absolute Gasteiger partial charge is 0.278 e. The topological polar surface area (TPSA) is 77.1 Å². The molecule has 1 aliphatic rings.